The Hall–Kier alpha value is -9.48. The number of rotatable bonds is 7. The molecule has 0 amide bonds. The third-order valence-electron chi connectivity index (χ3n) is 19.7. The monoisotopic (exact) mass is 1300 g/mol. The van der Waals surface area contributed by atoms with Gasteiger partial charge in [-0.25, -0.2) is 0 Å². The molecule has 12 aromatic carbocycles. The number of nitrogens with zero attached hydrogens (tertiary/aromatic N) is 2. The molecule has 4 aliphatic heterocycles. The lowest BCUT2D eigenvalue weighted by molar-refractivity contribution is 0.490. The molecule has 12 aromatic rings. The minimum atomic E-state index is -1.44. The van der Waals surface area contributed by atoms with Crippen molar-refractivity contribution in [2.45, 2.75) is 141 Å². The van der Waals surface area contributed by atoms with Crippen LogP contribution in [0.2, 0.25) is 0 Å². The Kier molecular flexibility index (Phi) is 11.4. The molecule has 0 saturated carbocycles. The predicted molar refractivity (Wildman–Crippen MR) is 423 cm³/mol. The fourth-order valence-corrected chi connectivity index (χ4v) is 15.5. The van der Waals surface area contributed by atoms with Gasteiger partial charge in [0.2, 0.25) is 0 Å². The van der Waals surface area contributed by atoms with E-state index in [1.54, 1.807) is 0 Å². The first kappa shape index (κ1) is 48.3. The van der Waals surface area contributed by atoms with Crippen molar-refractivity contribution in [1.82, 2.24) is 0 Å². The zero-order valence-electron chi connectivity index (χ0n) is 73.4. The minimum absolute atomic E-state index is 0.00876. The zero-order valence-corrected chi connectivity index (χ0v) is 59.2. The van der Waals surface area contributed by atoms with Gasteiger partial charge in [0.25, 0.3) is 13.4 Å². The first-order chi connectivity index (χ1) is 53.1. The standard InChI is InChI=1S/C92H86B2N2OS/c1-88(2,3)63-46-62(47-64(49-63)89(4,5)6)61-44-45-72-75(48-61)95(85-68(57-32-20-16-21-33-57)50-65(90(7,8)9)51-69(85)58-34-22-17-23-35-58)76-54-67(92(13,14)15)55-77-82(76)94(72)83-78(56-81-84-87(83)97-79-42-30-28-40-73(79)93(84)74-41-29-31-43-80(74)98-81)96(77)86-70(59-36-24-18-25-37-59)52-66(91(10,11)12)53-71(86)60-38-26-19-27-39-60/h16-56H,1-15H3/i28D,29D,30D,31D,40D,41D,42D,43D,44D,45D,46D,47D,48D,49D,56D. The predicted octanol–water partition coefficient (Wildman–Crippen LogP) is 21.7. The van der Waals surface area contributed by atoms with Crippen LogP contribution in [-0.4, -0.2) is 13.4 Å². The highest BCUT2D eigenvalue weighted by Crippen LogP contribution is 2.57. The quantitative estimate of drug-likeness (QED) is 0.148. The number of hydrogen-bond acceptors (Lipinski definition) is 4. The maximum absolute atomic E-state index is 11.8. The van der Waals surface area contributed by atoms with E-state index in [9.17, 15) is 20.6 Å². The van der Waals surface area contributed by atoms with Gasteiger partial charge in [-0.15, -0.1) is 0 Å². The fourth-order valence-electron chi connectivity index (χ4n) is 14.4. The number of ether oxygens (including phenoxy) is 1. The van der Waals surface area contributed by atoms with Crippen LogP contribution < -0.4 is 47.3 Å². The van der Waals surface area contributed by atoms with Crippen molar-refractivity contribution in [3.05, 3.63) is 276 Å². The first-order valence-electron chi connectivity index (χ1n) is 41.5. The fraction of sp³-hybridized carbons (Fsp3) is 0.217. The molecular formula is C92H86B2N2OS. The Morgan fingerprint density at radius 2 is 0.745 bits per heavy atom. The van der Waals surface area contributed by atoms with Gasteiger partial charge in [-0.3, -0.25) is 0 Å². The van der Waals surface area contributed by atoms with Crippen LogP contribution in [0.4, 0.5) is 34.1 Å². The molecule has 3 nitrogen and oxygen atoms in total. The van der Waals surface area contributed by atoms with E-state index in [0.717, 1.165) is 73.0 Å². The summed E-state index contributed by atoms with van der Waals surface area (Å²) in [6, 6.07) is 47.3. The van der Waals surface area contributed by atoms with Gasteiger partial charge < -0.3 is 14.5 Å². The molecule has 6 heteroatoms. The van der Waals surface area contributed by atoms with E-state index in [2.05, 4.69) is 157 Å². The summed E-state index contributed by atoms with van der Waals surface area (Å²) in [6.07, 6.45) is 0. The van der Waals surface area contributed by atoms with E-state index in [1.165, 1.54) is 0 Å². The molecule has 0 unspecified atom stereocenters. The average Bonchev–Trinajstić information content (AvgIpc) is 0.662. The number of benzene rings is 12. The third-order valence-corrected chi connectivity index (χ3v) is 20.8. The van der Waals surface area contributed by atoms with Crippen molar-refractivity contribution >= 4 is 92.1 Å². The molecule has 0 radical (unpaired) electrons. The van der Waals surface area contributed by atoms with Crippen molar-refractivity contribution < 1.29 is 25.3 Å². The molecule has 0 aromatic heterocycles. The Balaban J connectivity index is 1.22. The molecule has 0 aliphatic carbocycles. The van der Waals surface area contributed by atoms with Crippen LogP contribution in [0.25, 0.3) is 55.6 Å². The van der Waals surface area contributed by atoms with Crippen molar-refractivity contribution in [2.75, 3.05) is 9.80 Å². The molecular weight excluding hydrogens is 1200 g/mol. The molecule has 0 fully saturated rings. The summed E-state index contributed by atoms with van der Waals surface area (Å²) >= 11 is 0.974. The van der Waals surface area contributed by atoms with Crippen molar-refractivity contribution in [3.8, 4) is 67.1 Å². The molecule has 0 N–H and O–H groups in total. The Morgan fingerprint density at radius 3 is 1.20 bits per heavy atom. The Labute approximate surface area is 608 Å². The second-order valence-corrected chi connectivity index (χ2v) is 32.7. The van der Waals surface area contributed by atoms with Gasteiger partial charge in [0.05, 0.1) is 31.9 Å². The molecule has 98 heavy (non-hydrogen) atoms. The van der Waals surface area contributed by atoms with Gasteiger partial charge in [0.15, 0.2) is 0 Å². The molecule has 0 spiro atoms. The lowest BCUT2D eigenvalue weighted by Gasteiger charge is -2.48. The Morgan fingerprint density at radius 1 is 0.327 bits per heavy atom. The van der Waals surface area contributed by atoms with Crippen LogP contribution in [0.3, 0.4) is 0 Å². The maximum Gasteiger partial charge on any atom is 0.256 e. The topological polar surface area (TPSA) is 15.7 Å². The van der Waals surface area contributed by atoms with E-state index < -0.39 is 101 Å². The Bertz CT molecular complexity index is 5920. The third kappa shape index (κ3) is 10.7. The molecule has 16 rings (SSSR count). The van der Waals surface area contributed by atoms with Crippen LogP contribution in [0.15, 0.2) is 258 Å². The minimum Gasteiger partial charge on any atom is -0.459 e. The normalized spacial score (nSPS) is 16.0. The lowest BCUT2D eigenvalue weighted by atomic mass is 9.30. The summed E-state index contributed by atoms with van der Waals surface area (Å²) in [6.45, 7) is 28.1. The van der Waals surface area contributed by atoms with Crippen LogP contribution in [0.1, 0.15) is 152 Å². The number of para-hydroxylation sites is 1. The van der Waals surface area contributed by atoms with Gasteiger partial charge in [-0.1, -0.05) is 309 Å². The lowest BCUT2D eigenvalue weighted by Crippen LogP contribution is -2.65. The molecule has 4 heterocycles. The highest BCUT2D eigenvalue weighted by molar-refractivity contribution is 8.00. The summed E-state index contributed by atoms with van der Waals surface area (Å²) in [5.74, 6) is -0.328. The van der Waals surface area contributed by atoms with Crippen molar-refractivity contribution in [1.29, 1.82) is 0 Å². The second kappa shape index (κ2) is 23.1. The zero-order chi connectivity index (χ0) is 81.2. The van der Waals surface area contributed by atoms with E-state index in [4.69, 9.17) is 4.74 Å². The van der Waals surface area contributed by atoms with E-state index in [-0.39, 0.29) is 101 Å². The summed E-state index contributed by atoms with van der Waals surface area (Å²) in [5.41, 5.74) is 9.36. The first-order valence-corrected chi connectivity index (χ1v) is 34.8. The summed E-state index contributed by atoms with van der Waals surface area (Å²) in [7, 11) is 0. The molecule has 482 valence electrons. The van der Waals surface area contributed by atoms with Gasteiger partial charge in [-0.05, 0) is 176 Å². The number of fused-ring (bicyclic) bond motifs is 9. The second-order valence-electron chi connectivity index (χ2n) is 31.7. The highest BCUT2D eigenvalue weighted by Gasteiger charge is 2.51. The maximum atomic E-state index is 11.8. The molecule has 0 atom stereocenters. The highest BCUT2D eigenvalue weighted by atomic mass is 32.2. The van der Waals surface area contributed by atoms with Crippen LogP contribution in [-0.2, 0) is 27.1 Å². The van der Waals surface area contributed by atoms with Crippen LogP contribution in [0.5, 0.6) is 11.5 Å². The SMILES string of the molecule is [2H]c1c([2H])c([2H])c2c(c1[2H])Oc1c3c(c([2H])c4c1B1c5c(cc(C(C)(C)C)cc5N4c4c(-c5ccccc5)cc(C(C)(C)C)cc4-c4ccccc4)N(c4c(-c5ccccc5)cc(C(C)(C)C)cc4-c4ccccc4)c4c([2H])c(-c5c([2H])c(C(C)(C)C)c([2H])c(C(C)(C)C)c5[2H])c([2H])c([2H])c41)Sc1c([2H])c([2H])c([2H])c([2H])c1B23. The summed E-state index contributed by atoms with van der Waals surface area (Å²) in [5, 5.41) is 0. The van der Waals surface area contributed by atoms with E-state index >= 15 is 0 Å². The number of hydrogen-bond donors (Lipinski definition) is 0. The largest absolute Gasteiger partial charge is 0.459 e. The van der Waals surface area contributed by atoms with Crippen LogP contribution >= 0.6 is 11.8 Å². The summed E-state index contributed by atoms with van der Waals surface area (Å²) in [4.78, 5) is 4.46. The van der Waals surface area contributed by atoms with E-state index in [1.807, 2.05) is 114 Å². The smallest absolute Gasteiger partial charge is 0.256 e. The van der Waals surface area contributed by atoms with Crippen molar-refractivity contribution in [3.63, 3.8) is 0 Å². The molecule has 0 saturated heterocycles. The summed E-state index contributed by atoms with van der Waals surface area (Å²) < 4.78 is 162. The van der Waals surface area contributed by atoms with Crippen molar-refractivity contribution in [2.24, 2.45) is 0 Å². The van der Waals surface area contributed by atoms with E-state index in [0.29, 0.717) is 39.3 Å². The number of anilines is 6. The van der Waals surface area contributed by atoms with Gasteiger partial charge in [0, 0.05) is 54.8 Å². The average molecular weight is 1300 g/mol. The van der Waals surface area contributed by atoms with Gasteiger partial charge in [0.1, 0.15) is 11.5 Å². The van der Waals surface area contributed by atoms with Crippen LogP contribution in [0, 0.1) is 0 Å². The van der Waals surface area contributed by atoms with Gasteiger partial charge in [-0.2, -0.15) is 0 Å². The molecule has 4 aliphatic rings. The molecule has 0 bridgehead atoms. The van der Waals surface area contributed by atoms with Gasteiger partial charge >= 0.3 is 0 Å².